The predicted molar refractivity (Wildman–Crippen MR) is 164 cm³/mol. The average Bonchev–Trinajstić information content (AvgIpc) is 3.40. The van der Waals surface area contributed by atoms with Crippen molar-refractivity contribution >= 4 is 31.5 Å². The van der Waals surface area contributed by atoms with Crippen LogP contribution in [-0.4, -0.2) is 4.98 Å². The normalized spacial score (nSPS) is 12.8. The Hall–Kier alpha value is -4.53. The van der Waals surface area contributed by atoms with Crippen LogP contribution in [0.15, 0.2) is 134 Å². The van der Waals surface area contributed by atoms with Crippen molar-refractivity contribution in [3.05, 3.63) is 139 Å². The number of aromatic nitrogens is 1. The van der Waals surface area contributed by atoms with Crippen LogP contribution in [0, 0.1) is 6.85 Å². The molecule has 2 heterocycles. The average molecular weight is 507 g/mol. The fourth-order valence-electron chi connectivity index (χ4n) is 5.22. The van der Waals surface area contributed by atoms with Crippen molar-refractivity contribution in [3.63, 3.8) is 0 Å². The van der Waals surface area contributed by atoms with E-state index >= 15 is 0 Å². The van der Waals surface area contributed by atoms with Gasteiger partial charge in [0.05, 0.1) is 5.69 Å². The van der Waals surface area contributed by atoms with E-state index < -0.39 is 6.85 Å². The Morgan fingerprint density at radius 1 is 0.579 bits per heavy atom. The zero-order valence-electron chi connectivity index (χ0n) is 23.6. The van der Waals surface area contributed by atoms with Gasteiger partial charge in [0.25, 0.3) is 0 Å². The third-order valence-corrected chi connectivity index (χ3v) is 8.24. The van der Waals surface area contributed by atoms with Gasteiger partial charge in [-0.2, -0.15) is 0 Å². The van der Waals surface area contributed by atoms with Crippen molar-refractivity contribution in [2.24, 2.45) is 0 Å². The zero-order valence-corrected chi connectivity index (χ0v) is 21.4. The van der Waals surface area contributed by atoms with Gasteiger partial charge in [-0.05, 0) is 58.4 Å². The van der Waals surface area contributed by atoms with E-state index in [0.29, 0.717) is 16.8 Å². The Morgan fingerprint density at radius 3 is 1.92 bits per heavy atom. The maximum absolute atomic E-state index is 8.31. The molecule has 0 bridgehead atoms. The highest BCUT2D eigenvalue weighted by atomic mass is 32.1. The van der Waals surface area contributed by atoms with Crippen LogP contribution < -0.4 is 0 Å². The molecule has 0 aliphatic rings. The van der Waals surface area contributed by atoms with Gasteiger partial charge in [0.1, 0.15) is 0 Å². The van der Waals surface area contributed by atoms with E-state index in [1.54, 1.807) is 23.6 Å². The molecule has 0 N–H and O–H groups in total. The molecular formula is C36H25NS. The van der Waals surface area contributed by atoms with Gasteiger partial charge < -0.3 is 0 Å². The van der Waals surface area contributed by atoms with Crippen molar-refractivity contribution in [3.8, 4) is 44.6 Å². The van der Waals surface area contributed by atoms with Gasteiger partial charge in [-0.25, -0.2) is 0 Å². The van der Waals surface area contributed by atoms with Gasteiger partial charge >= 0.3 is 0 Å². The largest absolute Gasteiger partial charge is 0.256 e. The van der Waals surface area contributed by atoms with Crippen LogP contribution in [0.25, 0.3) is 64.8 Å². The number of hydrogen-bond acceptors (Lipinski definition) is 2. The van der Waals surface area contributed by atoms with E-state index in [1.807, 2.05) is 54.6 Å². The lowest BCUT2D eigenvalue weighted by molar-refractivity contribution is 1.29. The molecule has 0 fully saturated rings. The fraction of sp³-hybridized carbons (Fsp3) is 0.0278. The van der Waals surface area contributed by atoms with Crippen molar-refractivity contribution in [2.45, 2.75) is 6.85 Å². The Balaban J connectivity index is 1.48. The summed E-state index contributed by atoms with van der Waals surface area (Å²) in [6.07, 6.45) is 1.71. The minimum absolute atomic E-state index is 0.308. The van der Waals surface area contributed by atoms with E-state index in [-0.39, 0.29) is 0 Å². The van der Waals surface area contributed by atoms with Gasteiger partial charge in [0.2, 0.25) is 0 Å². The van der Waals surface area contributed by atoms with Crippen molar-refractivity contribution in [1.29, 1.82) is 0 Å². The summed E-state index contributed by atoms with van der Waals surface area (Å²) in [6.45, 7) is -2.28. The van der Waals surface area contributed by atoms with Crippen LogP contribution in [0.4, 0.5) is 0 Å². The molecule has 0 amide bonds. The monoisotopic (exact) mass is 506 g/mol. The Kier molecular flexibility index (Phi) is 4.84. The van der Waals surface area contributed by atoms with Crippen molar-refractivity contribution in [2.75, 3.05) is 0 Å². The topological polar surface area (TPSA) is 12.9 Å². The van der Waals surface area contributed by atoms with Gasteiger partial charge in [-0.15, -0.1) is 11.3 Å². The SMILES string of the molecule is [2H]C([2H])([2H])c1cc(-c2cccc3c2sc2cc(-c4ccccc4)cc(-c4ccccc4)c23)ncc1-c1ccccc1. The predicted octanol–water partition coefficient (Wildman–Crippen LogP) is 10.4. The van der Waals surface area contributed by atoms with Gasteiger partial charge in [-0.1, -0.05) is 109 Å². The maximum atomic E-state index is 8.31. The highest BCUT2D eigenvalue weighted by Gasteiger charge is 2.17. The number of aryl methyl sites for hydroxylation is 1. The van der Waals surface area contributed by atoms with Gasteiger partial charge in [-0.3, -0.25) is 4.98 Å². The number of fused-ring (bicyclic) bond motifs is 3. The number of benzene rings is 5. The number of pyridine rings is 1. The molecule has 0 atom stereocenters. The first kappa shape index (κ1) is 19.6. The van der Waals surface area contributed by atoms with E-state index in [9.17, 15) is 0 Å². The summed E-state index contributed by atoms with van der Waals surface area (Å²) in [5.74, 6) is 0. The molecule has 38 heavy (non-hydrogen) atoms. The molecule has 7 rings (SSSR count). The third kappa shape index (κ3) is 3.91. The Morgan fingerprint density at radius 2 is 1.24 bits per heavy atom. The quantitative estimate of drug-likeness (QED) is 0.231. The second kappa shape index (κ2) is 9.41. The fourth-order valence-corrected chi connectivity index (χ4v) is 6.51. The summed E-state index contributed by atoms with van der Waals surface area (Å²) in [6, 6.07) is 43.1. The molecule has 0 aliphatic carbocycles. The van der Waals surface area contributed by atoms with E-state index in [4.69, 9.17) is 9.10 Å². The molecule has 2 aromatic heterocycles. The van der Waals surface area contributed by atoms with Crippen LogP contribution in [0.1, 0.15) is 9.68 Å². The first-order valence-corrected chi connectivity index (χ1v) is 13.5. The summed E-state index contributed by atoms with van der Waals surface area (Å²) >= 11 is 1.73. The number of rotatable bonds is 4. The molecule has 0 radical (unpaired) electrons. The van der Waals surface area contributed by atoms with Gasteiger partial charge in [0, 0.05) is 41.6 Å². The van der Waals surface area contributed by atoms with E-state index in [0.717, 1.165) is 26.8 Å². The Labute approximate surface area is 230 Å². The molecule has 0 spiro atoms. The standard InChI is InChI=1S/C36H25NS/c1-24-20-33(37-23-32(24)27-16-9-4-10-17-27)29-18-11-19-30-35-31(26-14-7-3-8-15-26)21-28(22-34(35)38-36(29)30)25-12-5-2-6-13-25/h2-23H,1H3/i1D3. The van der Waals surface area contributed by atoms with Crippen LogP contribution in [-0.2, 0) is 0 Å². The molecule has 0 saturated carbocycles. The minimum Gasteiger partial charge on any atom is -0.256 e. The highest BCUT2D eigenvalue weighted by molar-refractivity contribution is 7.26. The lowest BCUT2D eigenvalue weighted by atomic mass is 9.94. The molecule has 180 valence electrons. The molecule has 0 saturated heterocycles. The molecule has 5 aromatic carbocycles. The van der Waals surface area contributed by atoms with Crippen LogP contribution in [0.3, 0.4) is 0 Å². The van der Waals surface area contributed by atoms with E-state index in [2.05, 4.69) is 66.7 Å². The maximum Gasteiger partial charge on any atom is 0.0719 e. The minimum atomic E-state index is -2.28. The summed E-state index contributed by atoms with van der Waals surface area (Å²) in [7, 11) is 0. The van der Waals surface area contributed by atoms with Gasteiger partial charge in [0.15, 0.2) is 0 Å². The molecular weight excluding hydrogens is 478 g/mol. The third-order valence-electron chi connectivity index (χ3n) is 7.06. The first-order chi connectivity index (χ1) is 20.0. The molecule has 7 aromatic rings. The molecule has 0 aliphatic heterocycles. The van der Waals surface area contributed by atoms with Crippen LogP contribution in [0.2, 0.25) is 0 Å². The zero-order chi connectivity index (χ0) is 28.0. The molecule has 0 unspecified atom stereocenters. The number of thiophene rings is 1. The summed E-state index contributed by atoms with van der Waals surface area (Å²) in [5, 5.41) is 2.35. The lowest BCUT2D eigenvalue weighted by Gasteiger charge is -2.10. The van der Waals surface area contributed by atoms with E-state index in [1.165, 1.54) is 26.8 Å². The number of hydrogen-bond donors (Lipinski definition) is 0. The highest BCUT2D eigenvalue weighted by Crippen LogP contribution is 2.45. The Bertz CT molecular complexity index is 2010. The van der Waals surface area contributed by atoms with Crippen LogP contribution in [0.5, 0.6) is 0 Å². The smallest absolute Gasteiger partial charge is 0.0719 e. The number of nitrogens with zero attached hydrogens (tertiary/aromatic N) is 1. The van der Waals surface area contributed by atoms with Crippen molar-refractivity contribution < 1.29 is 4.11 Å². The second-order valence-corrected chi connectivity index (χ2v) is 10.4. The summed E-state index contributed by atoms with van der Waals surface area (Å²) < 4.78 is 27.2. The summed E-state index contributed by atoms with van der Waals surface area (Å²) in [5.41, 5.74) is 8.08. The van der Waals surface area contributed by atoms with Crippen LogP contribution >= 0.6 is 11.3 Å². The summed E-state index contributed by atoms with van der Waals surface area (Å²) in [4.78, 5) is 4.82. The molecule has 1 nitrogen and oxygen atoms in total. The van der Waals surface area contributed by atoms with Crippen molar-refractivity contribution in [1.82, 2.24) is 4.98 Å². The first-order valence-electron chi connectivity index (χ1n) is 14.1. The molecule has 2 heteroatoms. The second-order valence-electron chi connectivity index (χ2n) is 9.39. The lowest BCUT2D eigenvalue weighted by Crippen LogP contribution is -1.90.